The van der Waals surface area contributed by atoms with E-state index in [4.69, 9.17) is 4.98 Å². The summed E-state index contributed by atoms with van der Waals surface area (Å²) < 4.78 is 4.19. The number of hydrogen-bond donors (Lipinski definition) is 1. The third kappa shape index (κ3) is 3.14. The number of hydrogen-bond acceptors (Lipinski definition) is 4. The summed E-state index contributed by atoms with van der Waals surface area (Å²) in [5, 5.41) is 14.1. The number of fused-ring (bicyclic) bond motifs is 2. The Labute approximate surface area is 214 Å². The van der Waals surface area contributed by atoms with Crippen molar-refractivity contribution in [3.63, 3.8) is 0 Å². The Morgan fingerprint density at radius 2 is 1.97 bits per heavy atom. The second kappa shape index (κ2) is 7.65. The van der Waals surface area contributed by atoms with Gasteiger partial charge in [-0.15, -0.1) is 0 Å². The van der Waals surface area contributed by atoms with E-state index in [1.165, 1.54) is 11.6 Å². The van der Waals surface area contributed by atoms with E-state index in [0.717, 1.165) is 76.1 Å². The van der Waals surface area contributed by atoms with Crippen molar-refractivity contribution in [1.82, 2.24) is 34.4 Å². The summed E-state index contributed by atoms with van der Waals surface area (Å²) in [5.74, 6) is 1.50. The van der Waals surface area contributed by atoms with Gasteiger partial charge in [0.1, 0.15) is 5.82 Å². The number of aromatic nitrogens is 6. The predicted octanol–water partition coefficient (Wildman–Crippen LogP) is 4.72. The van der Waals surface area contributed by atoms with E-state index in [2.05, 4.69) is 70.7 Å². The van der Waals surface area contributed by atoms with E-state index in [-0.39, 0.29) is 11.3 Å². The first-order chi connectivity index (χ1) is 17.9. The topological polar surface area (TPSA) is 84.6 Å². The van der Waals surface area contributed by atoms with Crippen LogP contribution < -0.4 is 0 Å². The summed E-state index contributed by atoms with van der Waals surface area (Å²) in [4.78, 5) is 19.2. The molecular formula is C29H29N7O. The molecule has 7 rings (SSSR count). The molecule has 0 bridgehead atoms. The lowest BCUT2D eigenvalue weighted by molar-refractivity contribution is -0.146. The van der Waals surface area contributed by atoms with Crippen LogP contribution in [0.3, 0.4) is 0 Å². The summed E-state index contributed by atoms with van der Waals surface area (Å²) >= 11 is 0. The molecule has 186 valence electrons. The highest BCUT2D eigenvalue weighted by Crippen LogP contribution is 2.56. The molecule has 3 aromatic heterocycles. The minimum absolute atomic E-state index is 0.0325. The molecule has 1 aliphatic heterocycles. The van der Waals surface area contributed by atoms with Gasteiger partial charge in [0.15, 0.2) is 0 Å². The second-order valence-electron chi connectivity index (χ2n) is 10.9. The molecule has 5 aromatic rings. The number of nitrogens with one attached hydrogen (secondary N) is 1. The van der Waals surface area contributed by atoms with Crippen LogP contribution in [0.5, 0.6) is 0 Å². The van der Waals surface area contributed by atoms with Crippen LogP contribution in [-0.4, -0.2) is 53.4 Å². The maximum absolute atomic E-state index is 12.0. The molecule has 8 heteroatoms. The summed E-state index contributed by atoms with van der Waals surface area (Å²) in [5.41, 5.74) is 7.84. The van der Waals surface area contributed by atoms with Gasteiger partial charge in [-0.25, -0.2) is 4.98 Å². The van der Waals surface area contributed by atoms with Crippen molar-refractivity contribution >= 4 is 27.7 Å². The molecular weight excluding hydrogens is 462 g/mol. The summed E-state index contributed by atoms with van der Waals surface area (Å²) in [7, 11) is 4.11. The fourth-order valence-electron chi connectivity index (χ4n) is 6.61. The van der Waals surface area contributed by atoms with Gasteiger partial charge in [-0.2, -0.15) is 10.2 Å². The SMILES string of the molecule is C=CC(=O)N1CC2(CC(c3nc(-c4c(C)ccc5[nH]ncc45)c(-c4ccc5c(cnn5C)c4)n3C)C2)C1. The molecule has 1 saturated carbocycles. The largest absolute Gasteiger partial charge is 0.338 e. The van der Waals surface area contributed by atoms with Gasteiger partial charge in [0.25, 0.3) is 0 Å². The van der Waals surface area contributed by atoms with Gasteiger partial charge in [0.05, 0.1) is 34.8 Å². The Balaban J connectivity index is 1.34. The lowest BCUT2D eigenvalue weighted by Gasteiger charge is -2.58. The van der Waals surface area contributed by atoms with Crippen LogP contribution in [0.2, 0.25) is 0 Å². The van der Waals surface area contributed by atoms with Crippen molar-refractivity contribution in [2.24, 2.45) is 19.5 Å². The maximum Gasteiger partial charge on any atom is 0.245 e. The van der Waals surface area contributed by atoms with E-state index in [0.29, 0.717) is 5.92 Å². The van der Waals surface area contributed by atoms with Crippen LogP contribution >= 0.6 is 0 Å². The number of carbonyl (C=O) groups excluding carboxylic acids is 1. The molecule has 0 atom stereocenters. The molecule has 37 heavy (non-hydrogen) atoms. The van der Waals surface area contributed by atoms with E-state index in [9.17, 15) is 4.79 Å². The van der Waals surface area contributed by atoms with Crippen molar-refractivity contribution in [1.29, 1.82) is 0 Å². The Bertz CT molecular complexity index is 1720. The number of aromatic amines is 1. The molecule has 8 nitrogen and oxygen atoms in total. The van der Waals surface area contributed by atoms with E-state index in [1.54, 1.807) is 0 Å². The highest BCUT2D eigenvalue weighted by molar-refractivity contribution is 5.99. The van der Waals surface area contributed by atoms with Crippen LogP contribution in [-0.2, 0) is 18.9 Å². The normalized spacial score (nSPS) is 16.9. The van der Waals surface area contributed by atoms with Gasteiger partial charge < -0.3 is 9.47 Å². The lowest BCUT2D eigenvalue weighted by atomic mass is 9.57. The third-order valence-corrected chi connectivity index (χ3v) is 8.48. The van der Waals surface area contributed by atoms with Gasteiger partial charge in [0, 0.05) is 60.4 Å². The zero-order chi connectivity index (χ0) is 25.5. The Hall–Kier alpha value is -4.20. The number of amides is 1. The van der Waals surface area contributed by atoms with Gasteiger partial charge in [0.2, 0.25) is 5.91 Å². The molecule has 0 radical (unpaired) electrons. The number of aryl methyl sites for hydroxylation is 2. The Morgan fingerprint density at radius 1 is 1.16 bits per heavy atom. The molecule has 1 spiro atoms. The lowest BCUT2D eigenvalue weighted by Crippen LogP contribution is -2.63. The molecule has 1 aliphatic carbocycles. The minimum atomic E-state index is 0.0325. The van der Waals surface area contributed by atoms with Crippen molar-refractivity contribution in [3.05, 3.63) is 66.8 Å². The number of H-pyrrole nitrogens is 1. The van der Waals surface area contributed by atoms with E-state index in [1.807, 2.05) is 29.0 Å². The number of imidazole rings is 1. The first kappa shape index (κ1) is 22.0. The maximum atomic E-state index is 12.0. The van der Waals surface area contributed by atoms with Gasteiger partial charge >= 0.3 is 0 Å². The van der Waals surface area contributed by atoms with Crippen LogP contribution in [0.1, 0.15) is 30.1 Å². The number of likely N-dealkylation sites (tertiary alicyclic amines) is 1. The standard InChI is InChI=1S/C29H29N7O/c1-5-24(37)36-15-29(16-36)11-20(12-29)28-32-26(25-17(2)6-8-22-21(25)14-30-33-22)27(34(28)3)18-7-9-23-19(10-18)13-31-35(23)4/h5-10,13-14,20H,1,11-12,15-16H2,2-4H3,(H,30,33). The van der Waals surface area contributed by atoms with Crippen molar-refractivity contribution in [3.8, 4) is 22.5 Å². The van der Waals surface area contributed by atoms with E-state index < -0.39 is 0 Å². The predicted molar refractivity (Wildman–Crippen MR) is 144 cm³/mol. The highest BCUT2D eigenvalue weighted by Gasteiger charge is 2.54. The highest BCUT2D eigenvalue weighted by atomic mass is 16.2. The molecule has 2 aromatic carbocycles. The number of rotatable bonds is 4. The van der Waals surface area contributed by atoms with E-state index >= 15 is 0 Å². The Morgan fingerprint density at radius 3 is 2.76 bits per heavy atom. The fourth-order valence-corrected chi connectivity index (χ4v) is 6.61. The van der Waals surface area contributed by atoms with Gasteiger partial charge in [-0.1, -0.05) is 18.7 Å². The van der Waals surface area contributed by atoms with Crippen LogP contribution in [0.4, 0.5) is 0 Å². The molecule has 1 saturated heterocycles. The third-order valence-electron chi connectivity index (χ3n) is 8.48. The number of carbonyl (C=O) groups is 1. The molecule has 2 aliphatic rings. The van der Waals surface area contributed by atoms with Crippen LogP contribution in [0.25, 0.3) is 44.3 Å². The second-order valence-corrected chi connectivity index (χ2v) is 10.9. The summed E-state index contributed by atoms with van der Waals surface area (Å²) in [6.07, 6.45) is 7.33. The van der Waals surface area contributed by atoms with Gasteiger partial charge in [-0.05, 0) is 49.6 Å². The van der Waals surface area contributed by atoms with Gasteiger partial charge in [-0.3, -0.25) is 14.6 Å². The number of benzene rings is 2. The molecule has 2 fully saturated rings. The number of nitrogens with zero attached hydrogens (tertiary/aromatic N) is 6. The molecule has 0 unspecified atom stereocenters. The molecule has 1 N–H and O–H groups in total. The van der Waals surface area contributed by atoms with Crippen LogP contribution in [0.15, 0.2) is 55.4 Å². The van der Waals surface area contributed by atoms with Crippen molar-refractivity contribution in [2.75, 3.05) is 13.1 Å². The first-order valence-electron chi connectivity index (χ1n) is 12.7. The average molecular weight is 492 g/mol. The quantitative estimate of drug-likeness (QED) is 0.369. The van der Waals surface area contributed by atoms with Crippen molar-refractivity contribution in [2.45, 2.75) is 25.7 Å². The fraction of sp³-hybridized carbons (Fsp3) is 0.310. The summed E-state index contributed by atoms with van der Waals surface area (Å²) in [6.45, 7) is 7.41. The molecule has 4 heterocycles. The Kier molecular flexibility index (Phi) is 4.55. The smallest absolute Gasteiger partial charge is 0.245 e. The zero-order valence-corrected chi connectivity index (χ0v) is 21.3. The van der Waals surface area contributed by atoms with Crippen LogP contribution in [0, 0.1) is 12.3 Å². The zero-order valence-electron chi connectivity index (χ0n) is 21.3. The average Bonchev–Trinajstić information content (AvgIpc) is 3.55. The first-order valence-corrected chi connectivity index (χ1v) is 12.7. The summed E-state index contributed by atoms with van der Waals surface area (Å²) in [6, 6.07) is 10.7. The van der Waals surface area contributed by atoms with Crippen molar-refractivity contribution < 1.29 is 4.79 Å². The molecule has 1 amide bonds. The monoisotopic (exact) mass is 491 g/mol. The minimum Gasteiger partial charge on any atom is -0.338 e.